The average Bonchev–Trinajstić information content (AvgIpc) is 3.90. The zero-order valence-electron chi connectivity index (χ0n) is 27.4. The van der Waals surface area contributed by atoms with E-state index in [1.165, 1.54) is 75.5 Å². The van der Waals surface area contributed by atoms with Crippen molar-refractivity contribution in [3.05, 3.63) is 182 Å². The molecule has 0 nitrogen and oxygen atoms in total. The Bertz CT molecular complexity index is 2560. The van der Waals surface area contributed by atoms with Crippen molar-refractivity contribution in [2.24, 2.45) is 0 Å². The average molecular weight is 666 g/mol. The van der Waals surface area contributed by atoms with Crippen molar-refractivity contribution in [2.75, 3.05) is 0 Å². The van der Waals surface area contributed by atoms with Gasteiger partial charge in [-0.3, -0.25) is 0 Å². The monoisotopic (exact) mass is 666 g/mol. The van der Waals surface area contributed by atoms with Crippen LogP contribution in [0.25, 0.3) is 53.3 Å². The van der Waals surface area contributed by atoms with Crippen molar-refractivity contribution in [1.82, 2.24) is 0 Å². The quantitative estimate of drug-likeness (QED) is 0.165. The molecule has 0 saturated carbocycles. The van der Waals surface area contributed by atoms with Crippen molar-refractivity contribution in [1.29, 1.82) is 0 Å². The third kappa shape index (κ3) is 3.98. The lowest BCUT2D eigenvalue weighted by Crippen LogP contribution is -2.50. The van der Waals surface area contributed by atoms with E-state index in [0.717, 1.165) is 0 Å². The number of fused-ring (bicyclic) bond motifs is 10. The lowest BCUT2D eigenvalue weighted by Gasteiger charge is -2.17. The van der Waals surface area contributed by atoms with Gasteiger partial charge in [0.05, 0.1) is 0 Å². The Balaban J connectivity index is 1.29. The molecule has 2 unspecified atom stereocenters. The van der Waals surface area contributed by atoms with Gasteiger partial charge in [-0.2, -0.15) is 0 Å². The zero-order chi connectivity index (χ0) is 32.8. The second-order valence-electron chi connectivity index (χ2n) is 13.6. The minimum absolute atomic E-state index is 0.190. The van der Waals surface area contributed by atoms with Crippen LogP contribution in [0.3, 0.4) is 0 Å². The summed E-state index contributed by atoms with van der Waals surface area (Å²) >= 11 is 0. The molecular formula is C46H30B2P2. The first kappa shape index (κ1) is 28.6. The van der Waals surface area contributed by atoms with E-state index in [9.17, 15) is 0 Å². The summed E-state index contributed by atoms with van der Waals surface area (Å²) in [5, 5.41) is 11.8. The van der Waals surface area contributed by atoms with Gasteiger partial charge in [0.2, 0.25) is 13.4 Å². The topological polar surface area (TPSA) is 0 Å². The van der Waals surface area contributed by atoms with Crippen molar-refractivity contribution in [3.8, 4) is 32.3 Å². The highest BCUT2D eigenvalue weighted by molar-refractivity contribution is 7.67. The van der Waals surface area contributed by atoms with Crippen molar-refractivity contribution in [2.45, 2.75) is 0 Å². The molecule has 0 N–H and O–H groups in total. The fourth-order valence-corrected chi connectivity index (χ4v) is 14.8. The third-order valence-electron chi connectivity index (χ3n) is 11.1. The SMILES string of the molecule is c1ccc(B2c3cc4c(cc3-c3c2c2ccccc2p3-c2ccccc2)B(c2ccccc2)c2c-4p(-c3ccccc3)c3ccccc23)cc1. The molecule has 2 atom stereocenters. The van der Waals surface area contributed by atoms with Gasteiger partial charge in [-0.1, -0.05) is 219 Å². The highest BCUT2D eigenvalue weighted by Gasteiger charge is 2.44. The predicted molar refractivity (Wildman–Crippen MR) is 223 cm³/mol. The van der Waals surface area contributed by atoms with Gasteiger partial charge in [0.1, 0.15) is 0 Å². The fourth-order valence-electron chi connectivity index (χ4n) is 9.15. The van der Waals surface area contributed by atoms with Crippen molar-refractivity contribution in [3.63, 3.8) is 0 Å². The standard InChI is InChI=1S/C46H30B2P2/c1-5-17-31(18-6-1)47-39-29-38-40(30-37(39)45-43(47)35-25-13-15-27-41(35)49(45)33-21-9-3-10-22-33)48(32-19-7-2-8-20-32)44-36-26-14-16-28-42(36)50(46(38)44)34-23-11-4-12-24-34/h1-30H. The van der Waals surface area contributed by atoms with E-state index in [4.69, 9.17) is 0 Å². The van der Waals surface area contributed by atoms with Crippen LogP contribution in [0.1, 0.15) is 0 Å². The Labute approximate surface area is 295 Å². The maximum absolute atomic E-state index is 2.66. The van der Waals surface area contributed by atoms with Crippen molar-refractivity contribution >= 4 is 82.3 Å². The first-order chi connectivity index (χ1) is 24.9. The summed E-state index contributed by atoms with van der Waals surface area (Å²) in [5.41, 5.74) is 11.7. The van der Waals surface area contributed by atoms with Crippen LogP contribution in [-0.4, -0.2) is 13.4 Å². The number of hydrogen-bond donors (Lipinski definition) is 0. The molecule has 4 heteroatoms. The molecule has 2 aliphatic rings. The van der Waals surface area contributed by atoms with Gasteiger partial charge < -0.3 is 0 Å². The summed E-state index contributed by atoms with van der Waals surface area (Å²) in [5.74, 6) is 0. The van der Waals surface area contributed by atoms with Gasteiger partial charge in [0.15, 0.2) is 0 Å². The van der Waals surface area contributed by atoms with Crippen LogP contribution in [0, 0.1) is 0 Å². The Morgan fingerprint density at radius 3 is 1.08 bits per heavy atom. The third-order valence-corrected chi connectivity index (χ3v) is 16.3. The van der Waals surface area contributed by atoms with E-state index in [-0.39, 0.29) is 13.4 Å². The van der Waals surface area contributed by atoms with E-state index >= 15 is 0 Å². The summed E-state index contributed by atoms with van der Waals surface area (Å²) in [6.45, 7) is 0.380. The molecule has 230 valence electrons. The molecule has 9 aromatic rings. The Hall–Kier alpha value is -5.25. The van der Waals surface area contributed by atoms with E-state index in [1.54, 1.807) is 10.6 Å². The molecule has 2 aliphatic heterocycles. The van der Waals surface area contributed by atoms with Gasteiger partial charge in [0.25, 0.3) is 0 Å². The fraction of sp³-hybridized carbons (Fsp3) is 0. The summed E-state index contributed by atoms with van der Waals surface area (Å²) in [7, 11) is -1.41. The highest BCUT2D eigenvalue weighted by Crippen LogP contribution is 2.58. The van der Waals surface area contributed by atoms with E-state index in [1.807, 2.05) is 0 Å². The van der Waals surface area contributed by atoms with Gasteiger partial charge >= 0.3 is 0 Å². The predicted octanol–water partition coefficient (Wildman–Crippen LogP) is 8.94. The van der Waals surface area contributed by atoms with Crippen LogP contribution in [0.15, 0.2) is 182 Å². The second kappa shape index (κ2) is 11.1. The highest BCUT2D eigenvalue weighted by atomic mass is 31.1. The van der Waals surface area contributed by atoms with Crippen LogP contribution in [0.2, 0.25) is 0 Å². The van der Waals surface area contributed by atoms with Gasteiger partial charge in [-0.25, -0.2) is 0 Å². The molecule has 0 saturated heterocycles. The molecule has 0 spiro atoms. The zero-order valence-corrected chi connectivity index (χ0v) is 29.2. The molecule has 11 rings (SSSR count). The molecule has 0 bridgehead atoms. The van der Waals surface area contributed by atoms with Gasteiger partial charge in [0, 0.05) is 20.8 Å². The van der Waals surface area contributed by atoms with Gasteiger partial charge in [-0.05, 0) is 43.4 Å². The van der Waals surface area contributed by atoms with Crippen molar-refractivity contribution < 1.29 is 0 Å². The lowest BCUT2D eigenvalue weighted by molar-refractivity contribution is 1.75. The normalized spacial score (nSPS) is 13.4. The van der Waals surface area contributed by atoms with Crippen LogP contribution in [-0.2, 0) is 0 Å². The first-order valence-electron chi connectivity index (χ1n) is 17.5. The molecule has 0 amide bonds. The van der Waals surface area contributed by atoms with Crippen LogP contribution in [0.4, 0.5) is 0 Å². The van der Waals surface area contributed by atoms with Crippen LogP contribution >= 0.6 is 15.1 Å². The molecule has 0 aliphatic carbocycles. The number of benzene rings is 7. The van der Waals surface area contributed by atoms with Crippen LogP contribution < -0.4 is 32.8 Å². The van der Waals surface area contributed by atoms with E-state index in [0.29, 0.717) is 0 Å². The minimum atomic E-state index is -0.704. The largest absolute Gasteiger partial charge is 0.244 e. The Morgan fingerprint density at radius 1 is 0.340 bits per heavy atom. The molecular weight excluding hydrogens is 636 g/mol. The Kier molecular flexibility index (Phi) is 6.36. The smallest absolute Gasteiger partial charge is 0.0778 e. The van der Waals surface area contributed by atoms with Gasteiger partial charge in [-0.15, -0.1) is 0 Å². The Morgan fingerprint density at radius 2 is 0.680 bits per heavy atom. The van der Waals surface area contributed by atoms with E-state index < -0.39 is 15.1 Å². The number of hydrogen-bond acceptors (Lipinski definition) is 0. The summed E-state index contributed by atoms with van der Waals surface area (Å²) < 4.78 is 0. The first-order valence-corrected chi connectivity index (χ1v) is 20.2. The maximum atomic E-state index is 2.66. The van der Waals surface area contributed by atoms with Crippen LogP contribution in [0.5, 0.6) is 0 Å². The lowest BCUT2D eigenvalue weighted by atomic mass is 9.37. The maximum Gasteiger partial charge on any atom is 0.244 e. The molecule has 0 fully saturated rings. The molecule has 2 aromatic heterocycles. The second-order valence-corrected chi connectivity index (χ2v) is 17.8. The summed E-state index contributed by atoms with van der Waals surface area (Å²) in [4.78, 5) is 0. The number of rotatable bonds is 4. The minimum Gasteiger partial charge on any atom is -0.0778 e. The summed E-state index contributed by atoms with van der Waals surface area (Å²) in [6.07, 6.45) is 0. The van der Waals surface area contributed by atoms with E-state index in [2.05, 4.69) is 182 Å². The molecule has 50 heavy (non-hydrogen) atoms. The molecule has 7 aromatic carbocycles. The summed E-state index contributed by atoms with van der Waals surface area (Å²) in [6, 6.07) is 69.0. The molecule has 4 heterocycles. The molecule has 0 radical (unpaired) electrons.